The molecule has 176 valence electrons. The predicted molar refractivity (Wildman–Crippen MR) is 126 cm³/mol. The summed E-state index contributed by atoms with van der Waals surface area (Å²) >= 11 is 0. The third kappa shape index (κ3) is 6.12. The Morgan fingerprint density at radius 1 is 1.03 bits per heavy atom. The summed E-state index contributed by atoms with van der Waals surface area (Å²) in [5.41, 5.74) is 4.05. The number of carbonyl (C=O) groups excluding carboxylic acids is 2. The van der Waals surface area contributed by atoms with Gasteiger partial charge in [-0.15, -0.1) is 0 Å². The molecule has 2 amide bonds. The molecule has 0 fully saturated rings. The van der Waals surface area contributed by atoms with Crippen LogP contribution >= 0.6 is 0 Å². The number of benzene rings is 2. The molecular weight excluding hydrogens is 420 g/mol. The molecule has 0 unspecified atom stereocenters. The number of rotatable bonds is 10. The van der Waals surface area contributed by atoms with Gasteiger partial charge in [-0.3, -0.25) is 4.79 Å². The molecule has 0 heterocycles. The Hall–Kier alpha value is -3.35. The molecule has 0 bridgehead atoms. The van der Waals surface area contributed by atoms with E-state index >= 15 is 0 Å². The molecule has 0 saturated carbocycles. The Morgan fingerprint density at radius 3 is 2.15 bits per heavy atom. The van der Waals surface area contributed by atoms with Crippen LogP contribution in [0.2, 0.25) is 0 Å². The fourth-order valence-electron chi connectivity index (χ4n) is 4.25. The SMILES string of the molecule is CCC[C@H](NC(=O)CC(C)(C)CNC(=O)OCC1c2ccccc2-c2ccccc21)C(=O)O. The van der Waals surface area contributed by atoms with Crippen molar-refractivity contribution < 1.29 is 24.2 Å². The summed E-state index contributed by atoms with van der Waals surface area (Å²) in [5, 5.41) is 14.5. The zero-order valence-electron chi connectivity index (χ0n) is 19.4. The predicted octanol–water partition coefficient (Wildman–Crippen LogP) is 4.31. The highest BCUT2D eigenvalue weighted by atomic mass is 16.5. The quantitative estimate of drug-likeness (QED) is 0.498. The molecule has 7 nitrogen and oxygen atoms in total. The average Bonchev–Trinajstić information content (AvgIpc) is 3.09. The van der Waals surface area contributed by atoms with E-state index in [1.54, 1.807) is 0 Å². The lowest BCUT2D eigenvalue weighted by Gasteiger charge is -2.25. The summed E-state index contributed by atoms with van der Waals surface area (Å²) in [6, 6.07) is 15.4. The molecule has 0 radical (unpaired) electrons. The molecule has 0 saturated heterocycles. The van der Waals surface area contributed by atoms with Crippen LogP contribution in [0.15, 0.2) is 48.5 Å². The van der Waals surface area contributed by atoms with Gasteiger partial charge in [0, 0.05) is 18.9 Å². The molecule has 3 N–H and O–H groups in total. The first-order valence-electron chi connectivity index (χ1n) is 11.3. The van der Waals surface area contributed by atoms with Gasteiger partial charge in [-0.1, -0.05) is 75.7 Å². The van der Waals surface area contributed by atoms with E-state index < -0.39 is 23.5 Å². The molecule has 2 aromatic carbocycles. The molecule has 1 atom stereocenters. The minimum atomic E-state index is -1.04. The van der Waals surface area contributed by atoms with Crippen LogP contribution in [0.4, 0.5) is 4.79 Å². The highest BCUT2D eigenvalue weighted by molar-refractivity contribution is 5.84. The number of hydrogen-bond donors (Lipinski definition) is 3. The summed E-state index contributed by atoms with van der Waals surface area (Å²) in [5.74, 6) is -1.41. The molecule has 33 heavy (non-hydrogen) atoms. The Kier molecular flexibility index (Phi) is 7.74. The first-order chi connectivity index (χ1) is 15.7. The van der Waals surface area contributed by atoms with E-state index in [0.717, 1.165) is 22.3 Å². The first-order valence-corrected chi connectivity index (χ1v) is 11.3. The van der Waals surface area contributed by atoms with Gasteiger partial charge in [-0.05, 0) is 34.1 Å². The Labute approximate surface area is 194 Å². The molecule has 3 rings (SSSR count). The molecule has 0 aromatic heterocycles. The van der Waals surface area contributed by atoms with Gasteiger partial charge in [0.05, 0.1) is 0 Å². The molecule has 0 spiro atoms. The van der Waals surface area contributed by atoms with Gasteiger partial charge >= 0.3 is 12.1 Å². The standard InChI is InChI=1S/C26H32N2O5/c1-4-9-22(24(30)31)28-23(29)14-26(2,3)16-27-25(32)33-15-21-19-12-7-5-10-17(19)18-11-6-8-13-20(18)21/h5-8,10-13,21-22H,4,9,14-16H2,1-3H3,(H,27,32)(H,28,29)(H,30,31)/t22-/m0/s1. The molecule has 1 aliphatic carbocycles. The number of alkyl carbamates (subject to hydrolysis) is 1. The van der Waals surface area contributed by atoms with Crippen LogP contribution in [-0.2, 0) is 14.3 Å². The fourth-order valence-corrected chi connectivity index (χ4v) is 4.25. The van der Waals surface area contributed by atoms with Crippen molar-refractivity contribution in [1.82, 2.24) is 10.6 Å². The third-order valence-electron chi connectivity index (χ3n) is 5.90. The van der Waals surface area contributed by atoms with Gasteiger partial charge in [0.25, 0.3) is 0 Å². The van der Waals surface area contributed by atoms with Crippen LogP contribution in [0, 0.1) is 5.41 Å². The van der Waals surface area contributed by atoms with E-state index in [-0.39, 0.29) is 31.4 Å². The molecule has 7 heteroatoms. The maximum absolute atomic E-state index is 12.4. The number of aliphatic carboxylic acids is 1. The minimum absolute atomic E-state index is 0.0199. The zero-order chi connectivity index (χ0) is 24.0. The topological polar surface area (TPSA) is 105 Å². The van der Waals surface area contributed by atoms with E-state index in [1.807, 2.05) is 45.0 Å². The van der Waals surface area contributed by atoms with Gasteiger partial charge in [0.1, 0.15) is 12.6 Å². The number of fused-ring (bicyclic) bond motifs is 3. The highest BCUT2D eigenvalue weighted by Gasteiger charge is 2.30. The molecule has 1 aliphatic rings. The van der Waals surface area contributed by atoms with E-state index in [1.165, 1.54) is 0 Å². The van der Waals surface area contributed by atoms with Crippen LogP contribution in [0.5, 0.6) is 0 Å². The van der Waals surface area contributed by atoms with E-state index in [4.69, 9.17) is 4.74 Å². The van der Waals surface area contributed by atoms with Crippen LogP contribution < -0.4 is 10.6 Å². The monoisotopic (exact) mass is 452 g/mol. The lowest BCUT2D eigenvalue weighted by molar-refractivity contribution is -0.142. The van der Waals surface area contributed by atoms with Crippen molar-refractivity contribution >= 4 is 18.0 Å². The van der Waals surface area contributed by atoms with Gasteiger partial charge in [-0.2, -0.15) is 0 Å². The average molecular weight is 453 g/mol. The summed E-state index contributed by atoms with van der Waals surface area (Å²) in [6.45, 7) is 5.99. The van der Waals surface area contributed by atoms with Crippen molar-refractivity contribution in [1.29, 1.82) is 0 Å². The maximum Gasteiger partial charge on any atom is 0.407 e. The number of ether oxygens (including phenoxy) is 1. The lowest BCUT2D eigenvalue weighted by Crippen LogP contribution is -2.44. The van der Waals surface area contributed by atoms with Gasteiger partial charge < -0.3 is 20.5 Å². The second-order valence-electron chi connectivity index (χ2n) is 9.27. The Bertz CT molecular complexity index is 972. The first kappa shape index (κ1) is 24.3. The van der Waals surface area contributed by atoms with Crippen LogP contribution in [0.3, 0.4) is 0 Å². The lowest BCUT2D eigenvalue weighted by atomic mass is 9.88. The largest absolute Gasteiger partial charge is 0.480 e. The van der Waals surface area contributed by atoms with Crippen molar-refractivity contribution in [3.05, 3.63) is 59.7 Å². The number of hydrogen-bond acceptors (Lipinski definition) is 4. The number of carboxylic acid groups (broad SMARTS) is 1. The van der Waals surface area contributed by atoms with E-state index in [9.17, 15) is 19.5 Å². The normalized spacial score (nSPS) is 13.5. The molecule has 2 aromatic rings. The second kappa shape index (κ2) is 10.5. The highest BCUT2D eigenvalue weighted by Crippen LogP contribution is 2.44. The number of carboxylic acids is 1. The number of nitrogens with one attached hydrogen (secondary N) is 2. The van der Waals surface area contributed by atoms with Gasteiger partial charge in [0.2, 0.25) is 5.91 Å². The van der Waals surface area contributed by atoms with Crippen molar-refractivity contribution in [3.63, 3.8) is 0 Å². The summed E-state index contributed by atoms with van der Waals surface area (Å²) < 4.78 is 5.54. The minimum Gasteiger partial charge on any atom is -0.480 e. The summed E-state index contributed by atoms with van der Waals surface area (Å²) in [7, 11) is 0. The molecular formula is C26H32N2O5. The Balaban J connectivity index is 1.51. The maximum atomic E-state index is 12.4. The van der Waals surface area contributed by atoms with Crippen LogP contribution in [0.25, 0.3) is 11.1 Å². The van der Waals surface area contributed by atoms with E-state index in [0.29, 0.717) is 12.8 Å². The van der Waals surface area contributed by atoms with Gasteiger partial charge in [-0.25, -0.2) is 9.59 Å². The Morgan fingerprint density at radius 2 is 1.61 bits per heavy atom. The number of carbonyl (C=O) groups is 3. The summed E-state index contributed by atoms with van der Waals surface area (Å²) in [6.07, 6.45) is 0.577. The van der Waals surface area contributed by atoms with Crippen molar-refractivity contribution in [2.45, 2.75) is 52.0 Å². The van der Waals surface area contributed by atoms with Crippen LogP contribution in [-0.4, -0.2) is 42.3 Å². The van der Waals surface area contributed by atoms with Crippen molar-refractivity contribution in [2.75, 3.05) is 13.2 Å². The second-order valence-corrected chi connectivity index (χ2v) is 9.27. The molecule has 0 aliphatic heterocycles. The number of amides is 2. The third-order valence-corrected chi connectivity index (χ3v) is 5.90. The zero-order valence-corrected chi connectivity index (χ0v) is 19.4. The van der Waals surface area contributed by atoms with E-state index in [2.05, 4.69) is 34.9 Å². The van der Waals surface area contributed by atoms with Crippen molar-refractivity contribution in [2.24, 2.45) is 5.41 Å². The van der Waals surface area contributed by atoms with Gasteiger partial charge in [0.15, 0.2) is 0 Å². The fraction of sp³-hybridized carbons (Fsp3) is 0.423. The van der Waals surface area contributed by atoms with Crippen molar-refractivity contribution in [3.8, 4) is 11.1 Å². The van der Waals surface area contributed by atoms with Crippen LogP contribution in [0.1, 0.15) is 57.1 Å². The summed E-state index contributed by atoms with van der Waals surface area (Å²) in [4.78, 5) is 36.0. The smallest absolute Gasteiger partial charge is 0.407 e.